The van der Waals surface area contributed by atoms with Crippen molar-refractivity contribution in [3.05, 3.63) is 102 Å². The minimum atomic E-state index is -4.17. The molecule has 1 unspecified atom stereocenters. The van der Waals surface area contributed by atoms with Crippen LogP contribution in [0.15, 0.2) is 89.8 Å². The average molecular weight is 492 g/mol. The number of hydrogen-bond donors (Lipinski definition) is 1. The van der Waals surface area contributed by atoms with Gasteiger partial charge in [-0.25, -0.2) is 12.7 Å². The van der Waals surface area contributed by atoms with Crippen LogP contribution in [-0.4, -0.2) is 55.0 Å². The number of likely N-dealkylation sites (N-methyl/N-ethyl adjacent to an activating group) is 1. The molecule has 1 atom stereocenters. The molecular weight excluding hydrogens is 466 g/mol. The molecule has 1 aliphatic heterocycles. The van der Waals surface area contributed by atoms with Crippen LogP contribution in [0.3, 0.4) is 0 Å². The molecule has 0 saturated carbocycles. The maximum absolute atomic E-state index is 13.6. The Hall–Kier alpha value is -3.98. The number of carbonyl (C=O) groups is 3. The molecule has 1 heterocycles. The van der Waals surface area contributed by atoms with Crippen molar-refractivity contribution in [3.8, 4) is 0 Å². The Kier molecular flexibility index (Phi) is 6.97. The molecule has 0 bridgehead atoms. The van der Waals surface area contributed by atoms with Gasteiger partial charge in [0.25, 0.3) is 15.9 Å². The lowest BCUT2D eigenvalue weighted by molar-refractivity contribution is -0.140. The topological polar surface area (TPSA) is 104 Å². The van der Waals surface area contributed by atoms with Crippen molar-refractivity contribution in [2.45, 2.75) is 23.9 Å². The van der Waals surface area contributed by atoms with Gasteiger partial charge in [-0.05, 0) is 23.3 Å². The van der Waals surface area contributed by atoms with Crippen LogP contribution in [0.4, 0.5) is 0 Å². The van der Waals surface area contributed by atoms with E-state index in [2.05, 4.69) is 5.32 Å². The Balaban J connectivity index is 1.68. The zero-order valence-corrected chi connectivity index (χ0v) is 19.9. The van der Waals surface area contributed by atoms with Gasteiger partial charge in [0.05, 0.1) is 5.56 Å². The van der Waals surface area contributed by atoms with E-state index in [1.165, 1.54) is 30.1 Å². The van der Waals surface area contributed by atoms with Gasteiger partial charge in [-0.1, -0.05) is 72.8 Å². The van der Waals surface area contributed by atoms with E-state index in [4.69, 9.17) is 0 Å². The molecule has 3 amide bonds. The summed E-state index contributed by atoms with van der Waals surface area (Å²) in [6, 6.07) is 23.3. The highest BCUT2D eigenvalue weighted by atomic mass is 32.2. The van der Waals surface area contributed by atoms with Crippen LogP contribution in [0.5, 0.6) is 0 Å². The molecule has 9 heteroatoms. The Morgan fingerprint density at radius 2 is 1.46 bits per heavy atom. The van der Waals surface area contributed by atoms with Crippen molar-refractivity contribution in [3.63, 3.8) is 0 Å². The maximum Gasteiger partial charge on any atom is 0.269 e. The van der Waals surface area contributed by atoms with Crippen molar-refractivity contribution in [2.75, 3.05) is 13.6 Å². The van der Waals surface area contributed by atoms with Gasteiger partial charge in [-0.3, -0.25) is 14.4 Å². The second-order valence-electron chi connectivity index (χ2n) is 8.14. The first-order chi connectivity index (χ1) is 16.8. The summed E-state index contributed by atoms with van der Waals surface area (Å²) >= 11 is 0. The van der Waals surface area contributed by atoms with E-state index in [-0.39, 0.29) is 23.4 Å². The minimum absolute atomic E-state index is 0.0297. The molecule has 0 fully saturated rings. The summed E-state index contributed by atoms with van der Waals surface area (Å²) in [5, 5.41) is 2.61. The van der Waals surface area contributed by atoms with Gasteiger partial charge in [0.15, 0.2) is 0 Å². The molecule has 0 radical (unpaired) electrons. The number of nitrogens with one attached hydrogen (secondary N) is 1. The van der Waals surface area contributed by atoms with Gasteiger partial charge < -0.3 is 10.2 Å². The average Bonchev–Trinajstić information content (AvgIpc) is 3.07. The van der Waals surface area contributed by atoms with Crippen LogP contribution in [-0.2, 0) is 32.6 Å². The Bertz CT molecular complexity index is 1340. The summed E-state index contributed by atoms with van der Waals surface area (Å²) < 4.78 is 26.6. The Labute approximate surface area is 204 Å². The predicted molar refractivity (Wildman–Crippen MR) is 130 cm³/mol. The molecule has 1 aliphatic rings. The number of hydrogen-bond acceptors (Lipinski definition) is 5. The minimum Gasteiger partial charge on any atom is -0.357 e. The summed E-state index contributed by atoms with van der Waals surface area (Å²) in [6.45, 7) is -0.634. The molecule has 180 valence electrons. The molecule has 0 aromatic heterocycles. The summed E-state index contributed by atoms with van der Waals surface area (Å²) in [6.07, 6.45) is 0.222. The van der Waals surface area contributed by atoms with E-state index in [0.717, 1.165) is 11.1 Å². The summed E-state index contributed by atoms with van der Waals surface area (Å²) in [5.74, 6) is -1.80. The Morgan fingerprint density at radius 1 is 0.886 bits per heavy atom. The number of fused-ring (bicyclic) bond motifs is 1. The third-order valence-electron chi connectivity index (χ3n) is 5.90. The molecule has 4 rings (SSSR count). The van der Waals surface area contributed by atoms with Crippen LogP contribution in [0.2, 0.25) is 0 Å². The quantitative estimate of drug-likeness (QED) is 0.520. The molecule has 0 spiro atoms. The van der Waals surface area contributed by atoms with Crippen LogP contribution in [0.25, 0.3) is 0 Å². The molecule has 3 aromatic carbocycles. The molecular formula is C26H25N3O5S. The van der Waals surface area contributed by atoms with Crippen LogP contribution in [0.1, 0.15) is 21.5 Å². The lowest BCUT2D eigenvalue weighted by Gasteiger charge is -2.32. The predicted octanol–water partition coefficient (Wildman–Crippen LogP) is 2.22. The third kappa shape index (κ3) is 4.95. The summed E-state index contributed by atoms with van der Waals surface area (Å²) in [4.78, 5) is 40.7. The molecule has 1 N–H and O–H groups in total. The van der Waals surface area contributed by atoms with E-state index >= 15 is 0 Å². The monoisotopic (exact) mass is 491 g/mol. The maximum atomic E-state index is 13.6. The van der Waals surface area contributed by atoms with Crippen molar-refractivity contribution in [1.29, 1.82) is 0 Å². The van der Waals surface area contributed by atoms with E-state index in [1.807, 2.05) is 60.7 Å². The van der Waals surface area contributed by atoms with Crippen molar-refractivity contribution in [1.82, 2.24) is 14.5 Å². The lowest BCUT2D eigenvalue weighted by atomic mass is 10.0. The van der Waals surface area contributed by atoms with E-state index in [1.54, 1.807) is 6.07 Å². The van der Waals surface area contributed by atoms with Gasteiger partial charge in [0.1, 0.15) is 17.5 Å². The first-order valence-electron chi connectivity index (χ1n) is 11.1. The van der Waals surface area contributed by atoms with E-state index < -0.39 is 40.3 Å². The second-order valence-corrected chi connectivity index (χ2v) is 9.97. The zero-order valence-electron chi connectivity index (χ0n) is 19.1. The molecule has 35 heavy (non-hydrogen) atoms. The standard InChI is InChI=1S/C26H25N3O5S/c1-27-25(31)22(16-19-10-4-2-5-11-19)28(17-20-12-6-3-7-13-20)24(30)18-29-26(32)21-14-8-9-15-23(21)35(29,33)34/h2-15,22H,16-18H2,1H3,(H,27,31). The zero-order chi connectivity index (χ0) is 25.0. The van der Waals surface area contributed by atoms with E-state index in [0.29, 0.717) is 4.31 Å². The number of carbonyl (C=O) groups excluding carboxylic acids is 3. The molecule has 0 saturated heterocycles. The highest BCUT2D eigenvalue weighted by Crippen LogP contribution is 2.30. The highest BCUT2D eigenvalue weighted by Gasteiger charge is 2.43. The molecule has 8 nitrogen and oxygen atoms in total. The highest BCUT2D eigenvalue weighted by molar-refractivity contribution is 7.90. The summed E-state index contributed by atoms with van der Waals surface area (Å²) in [5.41, 5.74) is 1.63. The second kappa shape index (κ2) is 10.1. The van der Waals surface area contributed by atoms with Gasteiger partial charge in [0.2, 0.25) is 11.8 Å². The van der Waals surface area contributed by atoms with Gasteiger partial charge in [-0.15, -0.1) is 0 Å². The molecule has 3 aromatic rings. The van der Waals surface area contributed by atoms with Crippen molar-refractivity contribution >= 4 is 27.7 Å². The fourth-order valence-electron chi connectivity index (χ4n) is 4.10. The number of benzene rings is 3. The lowest BCUT2D eigenvalue weighted by Crippen LogP contribution is -2.52. The number of nitrogens with zero attached hydrogens (tertiary/aromatic N) is 2. The van der Waals surface area contributed by atoms with Gasteiger partial charge in [0, 0.05) is 20.0 Å². The summed E-state index contributed by atoms with van der Waals surface area (Å²) in [7, 11) is -2.69. The van der Waals surface area contributed by atoms with Crippen LogP contribution in [0, 0.1) is 0 Å². The third-order valence-corrected chi connectivity index (χ3v) is 7.69. The molecule has 0 aliphatic carbocycles. The van der Waals surface area contributed by atoms with Crippen molar-refractivity contribution < 1.29 is 22.8 Å². The fourth-order valence-corrected chi connectivity index (χ4v) is 5.62. The van der Waals surface area contributed by atoms with Crippen molar-refractivity contribution in [2.24, 2.45) is 0 Å². The largest absolute Gasteiger partial charge is 0.357 e. The van der Waals surface area contributed by atoms with Crippen LogP contribution < -0.4 is 5.32 Å². The normalized spacial score (nSPS) is 14.8. The first-order valence-corrected chi connectivity index (χ1v) is 12.5. The number of sulfonamides is 1. The first kappa shape index (κ1) is 24.2. The number of amides is 3. The smallest absolute Gasteiger partial charge is 0.269 e. The van der Waals surface area contributed by atoms with Gasteiger partial charge in [-0.2, -0.15) is 0 Å². The van der Waals surface area contributed by atoms with E-state index in [9.17, 15) is 22.8 Å². The SMILES string of the molecule is CNC(=O)C(Cc1ccccc1)N(Cc1ccccc1)C(=O)CN1C(=O)c2ccccc2S1(=O)=O. The van der Waals surface area contributed by atoms with Gasteiger partial charge >= 0.3 is 0 Å². The van der Waals surface area contributed by atoms with Crippen LogP contribution >= 0.6 is 0 Å². The Morgan fingerprint density at radius 3 is 2.06 bits per heavy atom. The fraction of sp³-hybridized carbons (Fsp3) is 0.192. The number of rotatable bonds is 8.